The number of aromatic nitrogens is 4. The highest BCUT2D eigenvalue weighted by Gasteiger charge is 2.18. The topological polar surface area (TPSA) is 116 Å². The number of anilines is 2. The number of nitrogens with one attached hydrogen (secondary N) is 3. The minimum atomic E-state index is -0.410. The fourth-order valence-corrected chi connectivity index (χ4v) is 3.64. The number of pyridine rings is 2. The Balaban J connectivity index is 1.42. The van der Waals surface area contributed by atoms with E-state index in [2.05, 4.69) is 35.7 Å². The average Bonchev–Trinajstić information content (AvgIpc) is 3.23. The fraction of sp³-hybridized carbons (Fsp3) is 0.318. The molecule has 1 saturated heterocycles. The Morgan fingerprint density at radius 3 is 2.58 bits per heavy atom. The predicted molar refractivity (Wildman–Crippen MR) is 117 cm³/mol. The summed E-state index contributed by atoms with van der Waals surface area (Å²) < 4.78 is 0. The van der Waals surface area contributed by atoms with Crippen LogP contribution in [0.15, 0.2) is 43.1 Å². The SMILES string of the molecule is Cc1cncc(C(=O)Nc2cn[nH]c2C(=O)Nc2cncc(CN3CCCCC3)c2)c1. The number of H-pyrrole nitrogens is 1. The second-order valence-electron chi connectivity index (χ2n) is 7.74. The highest BCUT2D eigenvalue weighted by molar-refractivity contribution is 6.11. The molecule has 0 radical (unpaired) electrons. The van der Waals surface area contributed by atoms with Gasteiger partial charge in [0.05, 0.1) is 29.3 Å². The van der Waals surface area contributed by atoms with Crippen LogP contribution in [0.25, 0.3) is 0 Å². The van der Waals surface area contributed by atoms with Gasteiger partial charge in [0.15, 0.2) is 0 Å². The lowest BCUT2D eigenvalue weighted by molar-refractivity contribution is 0.102. The van der Waals surface area contributed by atoms with Crippen molar-refractivity contribution >= 4 is 23.2 Å². The van der Waals surface area contributed by atoms with Crippen LogP contribution in [0.5, 0.6) is 0 Å². The van der Waals surface area contributed by atoms with E-state index in [1.165, 1.54) is 31.7 Å². The van der Waals surface area contributed by atoms with E-state index in [1.807, 2.05) is 19.2 Å². The molecular weight excluding hydrogens is 394 g/mol. The van der Waals surface area contributed by atoms with Crippen molar-refractivity contribution in [2.24, 2.45) is 0 Å². The van der Waals surface area contributed by atoms with Crippen LogP contribution in [0.3, 0.4) is 0 Å². The normalized spacial score (nSPS) is 14.2. The number of likely N-dealkylation sites (tertiary alicyclic amines) is 1. The first-order valence-corrected chi connectivity index (χ1v) is 10.3. The number of aromatic amines is 1. The Bertz CT molecular complexity index is 1070. The van der Waals surface area contributed by atoms with Gasteiger partial charge in [-0.3, -0.25) is 29.6 Å². The van der Waals surface area contributed by atoms with Gasteiger partial charge >= 0.3 is 0 Å². The van der Waals surface area contributed by atoms with Gasteiger partial charge in [-0.2, -0.15) is 5.10 Å². The summed E-state index contributed by atoms with van der Waals surface area (Å²) in [5.41, 5.74) is 3.37. The Morgan fingerprint density at radius 1 is 0.968 bits per heavy atom. The first kappa shape index (κ1) is 20.7. The fourth-order valence-electron chi connectivity index (χ4n) is 3.64. The van der Waals surface area contributed by atoms with Crippen LogP contribution in [0.1, 0.15) is 51.2 Å². The van der Waals surface area contributed by atoms with E-state index >= 15 is 0 Å². The number of amides is 2. The molecule has 4 rings (SSSR count). The van der Waals surface area contributed by atoms with Gasteiger partial charge in [-0.05, 0) is 56.1 Å². The number of aryl methyl sites for hydroxylation is 1. The van der Waals surface area contributed by atoms with E-state index < -0.39 is 5.91 Å². The van der Waals surface area contributed by atoms with Gasteiger partial charge in [0.25, 0.3) is 11.8 Å². The van der Waals surface area contributed by atoms with Crippen LogP contribution in [-0.4, -0.2) is 50.0 Å². The molecule has 0 aromatic carbocycles. The third kappa shape index (κ3) is 5.32. The largest absolute Gasteiger partial charge is 0.319 e. The molecule has 0 saturated carbocycles. The summed E-state index contributed by atoms with van der Waals surface area (Å²) >= 11 is 0. The number of rotatable bonds is 6. The summed E-state index contributed by atoms with van der Waals surface area (Å²) in [4.78, 5) is 36.0. The summed E-state index contributed by atoms with van der Waals surface area (Å²) in [6.45, 7) is 4.84. The van der Waals surface area contributed by atoms with E-state index in [-0.39, 0.29) is 11.6 Å². The summed E-state index contributed by atoms with van der Waals surface area (Å²) in [6.07, 6.45) is 11.7. The summed E-state index contributed by atoms with van der Waals surface area (Å²) in [5.74, 6) is -0.774. The first-order valence-electron chi connectivity index (χ1n) is 10.3. The second-order valence-corrected chi connectivity index (χ2v) is 7.74. The molecule has 0 unspecified atom stereocenters. The van der Waals surface area contributed by atoms with Gasteiger partial charge < -0.3 is 10.6 Å². The van der Waals surface area contributed by atoms with E-state index in [0.717, 1.165) is 30.8 Å². The molecule has 0 aliphatic carbocycles. The maximum Gasteiger partial charge on any atom is 0.275 e. The quantitative estimate of drug-likeness (QED) is 0.566. The third-order valence-corrected chi connectivity index (χ3v) is 5.16. The van der Waals surface area contributed by atoms with E-state index in [4.69, 9.17) is 0 Å². The maximum absolute atomic E-state index is 12.8. The highest BCUT2D eigenvalue weighted by atomic mass is 16.2. The van der Waals surface area contributed by atoms with Crippen molar-refractivity contribution < 1.29 is 9.59 Å². The van der Waals surface area contributed by atoms with Crippen molar-refractivity contribution in [1.29, 1.82) is 0 Å². The molecule has 160 valence electrons. The van der Waals surface area contributed by atoms with Crippen LogP contribution >= 0.6 is 0 Å². The lowest BCUT2D eigenvalue weighted by atomic mass is 10.1. The maximum atomic E-state index is 12.8. The van der Waals surface area contributed by atoms with Crippen LogP contribution in [0, 0.1) is 6.92 Å². The molecule has 31 heavy (non-hydrogen) atoms. The molecule has 2 amide bonds. The van der Waals surface area contributed by atoms with E-state index in [9.17, 15) is 9.59 Å². The number of carbonyl (C=O) groups excluding carboxylic acids is 2. The number of hydrogen-bond donors (Lipinski definition) is 3. The van der Waals surface area contributed by atoms with Gasteiger partial charge in [-0.15, -0.1) is 0 Å². The van der Waals surface area contributed by atoms with Crippen molar-refractivity contribution in [1.82, 2.24) is 25.1 Å². The zero-order valence-corrected chi connectivity index (χ0v) is 17.4. The molecule has 4 heterocycles. The van der Waals surface area contributed by atoms with Gasteiger partial charge in [-0.1, -0.05) is 6.42 Å². The molecule has 0 atom stereocenters. The van der Waals surface area contributed by atoms with Crippen molar-refractivity contribution in [3.63, 3.8) is 0 Å². The molecule has 0 spiro atoms. The van der Waals surface area contributed by atoms with Crippen molar-refractivity contribution in [2.45, 2.75) is 32.7 Å². The summed E-state index contributed by atoms with van der Waals surface area (Å²) in [6, 6.07) is 3.65. The zero-order chi connectivity index (χ0) is 21.6. The Labute approximate surface area is 180 Å². The molecular formula is C22H25N7O2. The molecule has 3 aromatic heterocycles. The highest BCUT2D eigenvalue weighted by Crippen LogP contribution is 2.18. The minimum absolute atomic E-state index is 0.162. The second kappa shape index (κ2) is 9.48. The monoisotopic (exact) mass is 419 g/mol. The smallest absolute Gasteiger partial charge is 0.275 e. The Kier molecular flexibility index (Phi) is 6.32. The van der Waals surface area contributed by atoms with Gasteiger partial charge in [0.2, 0.25) is 0 Å². The molecule has 3 N–H and O–H groups in total. The molecule has 0 bridgehead atoms. The first-order chi connectivity index (χ1) is 15.1. The Hall–Kier alpha value is -3.59. The van der Waals surface area contributed by atoms with Gasteiger partial charge in [0.1, 0.15) is 5.69 Å². The molecule has 9 heteroatoms. The number of piperidine rings is 1. The molecule has 1 fully saturated rings. The van der Waals surface area contributed by atoms with Crippen LogP contribution in [0.2, 0.25) is 0 Å². The minimum Gasteiger partial charge on any atom is -0.319 e. The molecule has 3 aromatic rings. The summed E-state index contributed by atoms with van der Waals surface area (Å²) in [5, 5.41) is 12.1. The van der Waals surface area contributed by atoms with Crippen LogP contribution < -0.4 is 10.6 Å². The average molecular weight is 419 g/mol. The van der Waals surface area contributed by atoms with E-state index in [1.54, 1.807) is 18.5 Å². The Morgan fingerprint density at radius 2 is 1.77 bits per heavy atom. The van der Waals surface area contributed by atoms with E-state index in [0.29, 0.717) is 16.9 Å². The van der Waals surface area contributed by atoms with Crippen molar-refractivity contribution in [3.8, 4) is 0 Å². The van der Waals surface area contributed by atoms with Gasteiger partial charge in [0, 0.05) is 25.1 Å². The lowest BCUT2D eigenvalue weighted by Crippen LogP contribution is -2.29. The zero-order valence-electron chi connectivity index (χ0n) is 17.4. The number of carbonyl (C=O) groups is 2. The van der Waals surface area contributed by atoms with Gasteiger partial charge in [-0.25, -0.2) is 0 Å². The summed E-state index contributed by atoms with van der Waals surface area (Å²) in [7, 11) is 0. The van der Waals surface area contributed by atoms with Crippen LogP contribution in [0.4, 0.5) is 11.4 Å². The van der Waals surface area contributed by atoms with Crippen molar-refractivity contribution in [3.05, 3.63) is 65.5 Å². The molecule has 1 aliphatic heterocycles. The van der Waals surface area contributed by atoms with Crippen LogP contribution in [-0.2, 0) is 6.54 Å². The number of nitrogens with zero attached hydrogens (tertiary/aromatic N) is 4. The molecule has 1 aliphatic rings. The third-order valence-electron chi connectivity index (χ3n) is 5.16. The number of hydrogen-bond acceptors (Lipinski definition) is 6. The van der Waals surface area contributed by atoms with Crippen molar-refractivity contribution in [2.75, 3.05) is 23.7 Å². The lowest BCUT2D eigenvalue weighted by Gasteiger charge is -2.26. The molecule has 9 nitrogen and oxygen atoms in total. The predicted octanol–water partition coefficient (Wildman–Crippen LogP) is 3.00. The standard InChI is InChI=1S/C22H25N7O2/c1-15-7-17(11-23-9-15)21(30)27-19-13-25-28-20(19)22(31)26-18-8-16(10-24-12-18)14-29-5-3-2-4-6-29/h7-13H,2-6,14H2,1H3,(H,25,28)(H,26,31)(H,27,30).